The Morgan fingerprint density at radius 2 is 1.88 bits per heavy atom. The van der Waals surface area contributed by atoms with Crippen LogP contribution in [0.25, 0.3) is 0 Å². The van der Waals surface area contributed by atoms with E-state index in [1.165, 1.54) is 6.07 Å². The second-order valence-electron chi connectivity index (χ2n) is 5.66. The minimum Gasteiger partial charge on any atom is -0.459 e. The molecule has 5 nitrogen and oxygen atoms in total. The molecule has 0 amide bonds. The fourth-order valence-electron chi connectivity index (χ4n) is 2.47. The van der Waals surface area contributed by atoms with E-state index in [4.69, 9.17) is 25.8 Å². The Hall–Kier alpha value is -2.37. The third-order valence-electron chi connectivity index (χ3n) is 3.78. The average molecular weight is 361 g/mol. The van der Waals surface area contributed by atoms with Gasteiger partial charge in [0, 0.05) is 11.6 Å². The van der Waals surface area contributed by atoms with Crippen molar-refractivity contribution in [2.24, 2.45) is 0 Å². The lowest BCUT2D eigenvalue weighted by molar-refractivity contribution is 0.0161. The Morgan fingerprint density at radius 1 is 1.08 bits per heavy atom. The number of ether oxygens (including phenoxy) is 3. The van der Waals surface area contributed by atoms with Gasteiger partial charge in [-0.1, -0.05) is 17.7 Å². The van der Waals surface area contributed by atoms with Crippen LogP contribution in [0.15, 0.2) is 48.5 Å². The number of carbonyl (C=O) groups is 2. The molecule has 0 bridgehead atoms. The number of benzene rings is 2. The van der Waals surface area contributed by atoms with Gasteiger partial charge in [-0.25, -0.2) is 9.59 Å². The number of hydrogen-bond acceptors (Lipinski definition) is 5. The molecular formula is C19H17ClO5. The molecular weight excluding hydrogens is 344 g/mol. The second-order valence-corrected chi connectivity index (χ2v) is 6.09. The Bertz CT molecular complexity index is 751. The van der Waals surface area contributed by atoms with E-state index in [0.717, 1.165) is 12.8 Å². The molecule has 0 saturated carbocycles. The van der Waals surface area contributed by atoms with Crippen LogP contribution in [0.2, 0.25) is 5.02 Å². The number of rotatable bonds is 5. The number of carbonyl (C=O) groups excluding carboxylic acids is 2. The van der Waals surface area contributed by atoms with Crippen LogP contribution >= 0.6 is 11.6 Å². The molecule has 6 heteroatoms. The lowest BCUT2D eigenvalue weighted by Crippen LogP contribution is -2.18. The molecule has 0 N–H and O–H groups in total. The predicted molar refractivity (Wildman–Crippen MR) is 92.1 cm³/mol. The SMILES string of the molecule is O=C(OCC1CCCO1)c1cccc(OC(=O)c2ccc(Cl)cc2)c1. The zero-order valence-electron chi connectivity index (χ0n) is 13.4. The van der Waals surface area contributed by atoms with Gasteiger partial charge < -0.3 is 14.2 Å². The number of hydrogen-bond donors (Lipinski definition) is 0. The summed E-state index contributed by atoms with van der Waals surface area (Å²) in [6, 6.07) is 12.7. The highest BCUT2D eigenvalue weighted by atomic mass is 35.5. The van der Waals surface area contributed by atoms with Crippen molar-refractivity contribution < 1.29 is 23.8 Å². The summed E-state index contributed by atoms with van der Waals surface area (Å²) in [5.74, 6) is -0.729. The average Bonchev–Trinajstić information content (AvgIpc) is 3.14. The van der Waals surface area contributed by atoms with Gasteiger partial charge in [0.2, 0.25) is 0 Å². The summed E-state index contributed by atoms with van der Waals surface area (Å²) in [7, 11) is 0. The van der Waals surface area contributed by atoms with E-state index in [9.17, 15) is 9.59 Å². The molecule has 1 unspecified atom stereocenters. The van der Waals surface area contributed by atoms with Crippen LogP contribution in [0.5, 0.6) is 5.75 Å². The molecule has 1 atom stereocenters. The van der Waals surface area contributed by atoms with Crippen LogP contribution in [0.4, 0.5) is 0 Å². The monoisotopic (exact) mass is 360 g/mol. The van der Waals surface area contributed by atoms with Gasteiger partial charge in [0.1, 0.15) is 12.4 Å². The van der Waals surface area contributed by atoms with Gasteiger partial charge in [-0.3, -0.25) is 0 Å². The lowest BCUT2D eigenvalue weighted by atomic mass is 10.2. The van der Waals surface area contributed by atoms with Crippen molar-refractivity contribution >= 4 is 23.5 Å². The van der Waals surface area contributed by atoms with Crippen molar-refractivity contribution in [3.63, 3.8) is 0 Å². The van der Waals surface area contributed by atoms with Crippen LogP contribution in [-0.2, 0) is 9.47 Å². The molecule has 1 heterocycles. The first-order valence-corrected chi connectivity index (χ1v) is 8.36. The molecule has 0 spiro atoms. The summed E-state index contributed by atoms with van der Waals surface area (Å²) in [6.07, 6.45) is 1.85. The van der Waals surface area contributed by atoms with Crippen LogP contribution < -0.4 is 4.74 Å². The normalized spacial score (nSPS) is 16.4. The molecule has 1 aliphatic heterocycles. The molecule has 0 aliphatic carbocycles. The highest BCUT2D eigenvalue weighted by Gasteiger charge is 2.18. The largest absolute Gasteiger partial charge is 0.459 e. The summed E-state index contributed by atoms with van der Waals surface area (Å²) >= 11 is 5.80. The van der Waals surface area contributed by atoms with E-state index < -0.39 is 11.9 Å². The first-order valence-electron chi connectivity index (χ1n) is 7.98. The summed E-state index contributed by atoms with van der Waals surface area (Å²) in [5.41, 5.74) is 0.690. The Morgan fingerprint density at radius 3 is 2.60 bits per heavy atom. The van der Waals surface area contributed by atoms with Crippen LogP contribution in [0.3, 0.4) is 0 Å². The molecule has 0 radical (unpaired) electrons. The minimum absolute atomic E-state index is 0.0325. The fraction of sp³-hybridized carbons (Fsp3) is 0.263. The first kappa shape index (κ1) is 17.5. The molecule has 1 fully saturated rings. The summed E-state index contributed by atoms with van der Waals surface area (Å²) in [4.78, 5) is 24.2. The molecule has 2 aromatic rings. The molecule has 1 aliphatic rings. The van der Waals surface area contributed by atoms with Gasteiger partial charge in [0.15, 0.2) is 0 Å². The molecule has 25 heavy (non-hydrogen) atoms. The van der Waals surface area contributed by atoms with Gasteiger partial charge in [0.25, 0.3) is 0 Å². The van der Waals surface area contributed by atoms with Crippen LogP contribution in [0.1, 0.15) is 33.6 Å². The Labute approximate surface area is 150 Å². The van der Waals surface area contributed by atoms with Crippen molar-refractivity contribution in [1.29, 1.82) is 0 Å². The molecule has 3 rings (SSSR count). The molecule has 1 saturated heterocycles. The van der Waals surface area contributed by atoms with E-state index in [1.54, 1.807) is 42.5 Å². The standard InChI is InChI=1S/C19H17ClO5/c20-15-8-6-13(7-9-15)19(22)25-16-4-1-3-14(11-16)18(21)24-12-17-5-2-10-23-17/h1,3-4,6-9,11,17H,2,5,10,12H2. The summed E-state index contributed by atoms with van der Waals surface area (Å²) in [5, 5.41) is 0.535. The van der Waals surface area contributed by atoms with Crippen molar-refractivity contribution in [1.82, 2.24) is 0 Å². The highest BCUT2D eigenvalue weighted by molar-refractivity contribution is 6.30. The minimum atomic E-state index is -0.526. The quantitative estimate of drug-likeness (QED) is 0.598. The zero-order valence-corrected chi connectivity index (χ0v) is 14.2. The van der Waals surface area contributed by atoms with Crippen molar-refractivity contribution in [3.8, 4) is 5.75 Å². The van der Waals surface area contributed by atoms with E-state index in [1.807, 2.05) is 0 Å². The van der Waals surface area contributed by atoms with Crippen LogP contribution in [-0.4, -0.2) is 31.3 Å². The van der Waals surface area contributed by atoms with Crippen molar-refractivity contribution in [3.05, 3.63) is 64.7 Å². The highest BCUT2D eigenvalue weighted by Crippen LogP contribution is 2.18. The maximum Gasteiger partial charge on any atom is 0.343 e. The molecule has 2 aromatic carbocycles. The van der Waals surface area contributed by atoms with Gasteiger partial charge >= 0.3 is 11.9 Å². The number of halogens is 1. The van der Waals surface area contributed by atoms with Crippen molar-refractivity contribution in [2.45, 2.75) is 18.9 Å². The molecule has 130 valence electrons. The maximum absolute atomic E-state index is 12.1. The van der Waals surface area contributed by atoms with E-state index >= 15 is 0 Å². The van der Waals surface area contributed by atoms with Crippen molar-refractivity contribution in [2.75, 3.05) is 13.2 Å². The van der Waals surface area contributed by atoms with E-state index in [-0.39, 0.29) is 18.5 Å². The van der Waals surface area contributed by atoms with Gasteiger partial charge in [-0.2, -0.15) is 0 Å². The lowest BCUT2D eigenvalue weighted by Gasteiger charge is -2.11. The Kier molecular flexibility index (Phi) is 5.68. The third-order valence-corrected chi connectivity index (χ3v) is 4.04. The zero-order chi connectivity index (χ0) is 17.6. The summed E-state index contributed by atoms with van der Waals surface area (Å²) in [6.45, 7) is 0.936. The predicted octanol–water partition coefficient (Wildman–Crippen LogP) is 3.90. The summed E-state index contributed by atoms with van der Waals surface area (Å²) < 4.78 is 16.0. The van der Waals surface area contributed by atoms with E-state index in [2.05, 4.69) is 0 Å². The number of esters is 2. The van der Waals surface area contributed by atoms with Gasteiger partial charge in [-0.15, -0.1) is 0 Å². The van der Waals surface area contributed by atoms with Crippen LogP contribution in [0, 0.1) is 0 Å². The molecule has 0 aromatic heterocycles. The topological polar surface area (TPSA) is 61.8 Å². The van der Waals surface area contributed by atoms with Gasteiger partial charge in [-0.05, 0) is 55.3 Å². The van der Waals surface area contributed by atoms with E-state index in [0.29, 0.717) is 22.8 Å². The smallest absolute Gasteiger partial charge is 0.343 e. The Balaban J connectivity index is 1.61. The second kappa shape index (κ2) is 8.14. The fourth-order valence-corrected chi connectivity index (χ4v) is 2.59. The third kappa shape index (κ3) is 4.81. The van der Waals surface area contributed by atoms with Gasteiger partial charge in [0.05, 0.1) is 17.2 Å². The maximum atomic E-state index is 12.1. The first-order chi connectivity index (χ1) is 12.1.